The molecular formula is C26H25N3O5S. The lowest BCUT2D eigenvalue weighted by Gasteiger charge is -2.27. The van der Waals surface area contributed by atoms with Crippen LogP contribution in [-0.2, 0) is 30.8 Å². The molecule has 0 bridgehead atoms. The van der Waals surface area contributed by atoms with Gasteiger partial charge in [0, 0.05) is 19.2 Å². The zero-order valence-corrected chi connectivity index (χ0v) is 19.9. The molecule has 9 heteroatoms. The lowest BCUT2D eigenvalue weighted by atomic mass is 10.1. The molecule has 180 valence electrons. The fraction of sp³-hybridized carbons (Fsp3) is 0.192. The van der Waals surface area contributed by atoms with Gasteiger partial charge in [-0.15, -0.1) is 0 Å². The van der Waals surface area contributed by atoms with Crippen LogP contribution in [0, 0.1) is 0 Å². The van der Waals surface area contributed by atoms with Crippen molar-refractivity contribution < 1.29 is 22.8 Å². The maximum Gasteiger partial charge on any atom is 0.252 e. The third kappa shape index (κ3) is 5.31. The molecule has 35 heavy (non-hydrogen) atoms. The van der Waals surface area contributed by atoms with Gasteiger partial charge in [-0.2, -0.15) is 4.31 Å². The molecule has 0 aromatic heterocycles. The molecule has 4 rings (SSSR count). The molecule has 1 fully saturated rings. The van der Waals surface area contributed by atoms with Crippen LogP contribution in [0.25, 0.3) is 0 Å². The zero-order valence-electron chi connectivity index (χ0n) is 19.1. The summed E-state index contributed by atoms with van der Waals surface area (Å²) in [4.78, 5) is 38.7. The summed E-state index contributed by atoms with van der Waals surface area (Å²) in [6.45, 7) is 1.42. The van der Waals surface area contributed by atoms with Crippen LogP contribution in [0.1, 0.15) is 18.9 Å². The first kappa shape index (κ1) is 24.3. The van der Waals surface area contributed by atoms with Crippen molar-refractivity contribution in [1.82, 2.24) is 4.31 Å². The van der Waals surface area contributed by atoms with Gasteiger partial charge in [0.1, 0.15) is 6.04 Å². The minimum atomic E-state index is -4.05. The summed E-state index contributed by atoms with van der Waals surface area (Å²) in [5.74, 6) is -1.33. The van der Waals surface area contributed by atoms with Gasteiger partial charge in [0.2, 0.25) is 21.8 Å². The predicted molar refractivity (Wildman–Crippen MR) is 132 cm³/mol. The van der Waals surface area contributed by atoms with Crippen molar-refractivity contribution in [3.63, 3.8) is 0 Å². The van der Waals surface area contributed by atoms with Gasteiger partial charge in [0.05, 0.1) is 17.0 Å². The third-order valence-corrected chi connectivity index (χ3v) is 7.65. The SMILES string of the molecule is CC(=O)Nc1ccc(N2C(=O)CC(N(CCc3ccccc3)S(=O)(=O)c3ccccc3)C2=O)cc1. The van der Waals surface area contributed by atoms with E-state index < -0.39 is 27.9 Å². The molecule has 1 aliphatic heterocycles. The van der Waals surface area contributed by atoms with E-state index in [1.165, 1.54) is 19.1 Å². The first-order chi connectivity index (χ1) is 16.8. The summed E-state index contributed by atoms with van der Waals surface area (Å²) in [5, 5.41) is 2.63. The average Bonchev–Trinajstić information content (AvgIpc) is 3.14. The quantitative estimate of drug-likeness (QED) is 0.488. The van der Waals surface area contributed by atoms with Crippen molar-refractivity contribution >= 4 is 39.1 Å². The summed E-state index contributed by atoms with van der Waals surface area (Å²) >= 11 is 0. The maximum atomic E-state index is 13.6. The fourth-order valence-corrected chi connectivity index (χ4v) is 5.67. The molecule has 1 unspecified atom stereocenters. The Kier molecular flexibility index (Phi) is 7.09. The second-order valence-electron chi connectivity index (χ2n) is 8.18. The van der Waals surface area contributed by atoms with Crippen LogP contribution in [0.2, 0.25) is 0 Å². The van der Waals surface area contributed by atoms with E-state index in [0.29, 0.717) is 17.8 Å². The topological polar surface area (TPSA) is 104 Å². The molecule has 0 radical (unpaired) electrons. The van der Waals surface area contributed by atoms with Crippen molar-refractivity contribution in [2.75, 3.05) is 16.8 Å². The second-order valence-corrected chi connectivity index (χ2v) is 10.1. The molecule has 0 saturated carbocycles. The number of carbonyl (C=O) groups is 3. The highest BCUT2D eigenvalue weighted by molar-refractivity contribution is 7.89. The Labute approximate surface area is 204 Å². The minimum absolute atomic E-state index is 0.0419. The van der Waals surface area contributed by atoms with Gasteiger partial charge in [-0.3, -0.25) is 14.4 Å². The number of sulfonamides is 1. The molecule has 1 atom stereocenters. The number of hydrogen-bond donors (Lipinski definition) is 1. The largest absolute Gasteiger partial charge is 0.326 e. The lowest BCUT2D eigenvalue weighted by molar-refractivity contribution is -0.122. The Balaban J connectivity index is 1.64. The average molecular weight is 492 g/mol. The van der Waals surface area contributed by atoms with Crippen molar-refractivity contribution in [2.45, 2.75) is 30.7 Å². The van der Waals surface area contributed by atoms with Crippen LogP contribution in [0.3, 0.4) is 0 Å². The van der Waals surface area contributed by atoms with E-state index in [1.807, 2.05) is 30.3 Å². The van der Waals surface area contributed by atoms with Crippen molar-refractivity contribution in [3.8, 4) is 0 Å². The summed E-state index contributed by atoms with van der Waals surface area (Å²) in [5.41, 5.74) is 1.76. The van der Waals surface area contributed by atoms with E-state index in [1.54, 1.807) is 42.5 Å². The second kappa shape index (κ2) is 10.2. The molecule has 3 amide bonds. The van der Waals surface area contributed by atoms with Crippen LogP contribution in [0.5, 0.6) is 0 Å². The van der Waals surface area contributed by atoms with Gasteiger partial charge in [-0.1, -0.05) is 48.5 Å². The van der Waals surface area contributed by atoms with Crippen LogP contribution in [0.4, 0.5) is 11.4 Å². The van der Waals surface area contributed by atoms with E-state index in [-0.39, 0.29) is 23.8 Å². The summed E-state index contributed by atoms with van der Waals surface area (Å²) < 4.78 is 28.3. The van der Waals surface area contributed by atoms with Crippen LogP contribution >= 0.6 is 0 Å². The summed E-state index contributed by atoms with van der Waals surface area (Å²) in [7, 11) is -4.05. The number of hydrogen-bond acceptors (Lipinski definition) is 5. The van der Waals surface area contributed by atoms with Gasteiger partial charge in [-0.05, 0) is 48.4 Å². The number of nitrogens with zero attached hydrogens (tertiary/aromatic N) is 2. The Morgan fingerprint density at radius 1 is 0.943 bits per heavy atom. The van der Waals surface area contributed by atoms with E-state index in [4.69, 9.17) is 0 Å². The van der Waals surface area contributed by atoms with Gasteiger partial charge >= 0.3 is 0 Å². The van der Waals surface area contributed by atoms with Gasteiger partial charge in [0.25, 0.3) is 5.91 Å². The Bertz CT molecular complexity index is 1330. The molecule has 3 aromatic rings. The number of amides is 3. The molecule has 1 N–H and O–H groups in total. The van der Waals surface area contributed by atoms with E-state index in [0.717, 1.165) is 14.8 Å². The van der Waals surface area contributed by atoms with Crippen LogP contribution in [0.15, 0.2) is 89.8 Å². The monoisotopic (exact) mass is 491 g/mol. The Hall–Kier alpha value is -3.82. The van der Waals surface area contributed by atoms with Crippen LogP contribution in [-0.4, -0.2) is 43.0 Å². The molecule has 1 aliphatic rings. The van der Waals surface area contributed by atoms with Gasteiger partial charge < -0.3 is 5.32 Å². The first-order valence-electron chi connectivity index (χ1n) is 11.1. The Morgan fingerprint density at radius 3 is 2.14 bits per heavy atom. The number of anilines is 2. The molecule has 1 saturated heterocycles. The highest BCUT2D eigenvalue weighted by atomic mass is 32.2. The lowest BCUT2D eigenvalue weighted by Crippen LogP contribution is -2.46. The predicted octanol–water partition coefficient (Wildman–Crippen LogP) is 3.21. The summed E-state index contributed by atoms with van der Waals surface area (Å²) in [6, 6.07) is 22.4. The number of nitrogens with one attached hydrogen (secondary N) is 1. The molecule has 0 spiro atoms. The number of benzene rings is 3. The highest BCUT2D eigenvalue weighted by Gasteiger charge is 2.46. The van der Waals surface area contributed by atoms with Crippen molar-refractivity contribution in [1.29, 1.82) is 0 Å². The third-order valence-electron chi connectivity index (χ3n) is 5.73. The summed E-state index contributed by atoms with van der Waals surface area (Å²) in [6.07, 6.45) is 0.128. The number of rotatable bonds is 8. The van der Waals surface area contributed by atoms with E-state index in [2.05, 4.69) is 5.32 Å². The molecule has 1 heterocycles. The Morgan fingerprint density at radius 2 is 1.54 bits per heavy atom. The fourth-order valence-electron chi connectivity index (χ4n) is 4.06. The van der Waals surface area contributed by atoms with E-state index >= 15 is 0 Å². The smallest absolute Gasteiger partial charge is 0.252 e. The molecular weight excluding hydrogens is 466 g/mol. The minimum Gasteiger partial charge on any atom is -0.326 e. The zero-order chi connectivity index (χ0) is 25.0. The molecule has 8 nitrogen and oxygen atoms in total. The van der Waals surface area contributed by atoms with E-state index in [9.17, 15) is 22.8 Å². The number of carbonyl (C=O) groups excluding carboxylic acids is 3. The van der Waals surface area contributed by atoms with Crippen LogP contribution < -0.4 is 10.2 Å². The van der Waals surface area contributed by atoms with Gasteiger partial charge in [0.15, 0.2) is 0 Å². The normalized spacial score (nSPS) is 16.1. The molecule has 3 aromatic carbocycles. The van der Waals surface area contributed by atoms with Crippen molar-refractivity contribution in [3.05, 3.63) is 90.5 Å². The highest BCUT2D eigenvalue weighted by Crippen LogP contribution is 2.30. The maximum absolute atomic E-state index is 13.6. The number of imide groups is 1. The first-order valence-corrected chi connectivity index (χ1v) is 12.6. The standard InChI is InChI=1S/C26H25N3O5S/c1-19(30)27-21-12-14-22(15-13-21)29-25(31)18-24(26(29)32)28(17-16-20-8-4-2-5-9-20)35(33,34)23-10-6-3-7-11-23/h2-15,24H,16-18H2,1H3,(H,27,30). The van der Waals surface area contributed by atoms with Crippen molar-refractivity contribution in [2.24, 2.45) is 0 Å². The van der Waals surface area contributed by atoms with Gasteiger partial charge in [-0.25, -0.2) is 13.3 Å². The molecule has 0 aliphatic carbocycles.